The molecular weight excluding hydrogens is 354 g/mol. The van der Waals surface area contributed by atoms with Crippen LogP contribution in [0.1, 0.15) is 25.8 Å². The van der Waals surface area contributed by atoms with E-state index in [0.29, 0.717) is 12.2 Å². The van der Waals surface area contributed by atoms with Gasteiger partial charge >= 0.3 is 12.1 Å². The first kappa shape index (κ1) is 22.1. The number of carbonyl (C=O) groups is 2. The molecule has 9 nitrogen and oxygen atoms in total. The Morgan fingerprint density at radius 1 is 1.26 bits per heavy atom. The van der Waals surface area contributed by atoms with Crippen LogP contribution in [0.15, 0.2) is 29.4 Å². The van der Waals surface area contributed by atoms with Crippen LogP contribution >= 0.6 is 0 Å². The molecule has 0 atom stereocenters. The Morgan fingerprint density at radius 3 is 2.48 bits per heavy atom. The molecule has 150 valence electrons. The molecule has 27 heavy (non-hydrogen) atoms. The first-order valence-electron chi connectivity index (χ1n) is 8.52. The van der Waals surface area contributed by atoms with Crippen LogP contribution in [0.25, 0.3) is 0 Å². The van der Waals surface area contributed by atoms with Crippen LogP contribution in [-0.2, 0) is 20.8 Å². The second-order valence-electron chi connectivity index (χ2n) is 6.24. The summed E-state index contributed by atoms with van der Waals surface area (Å²) in [5.41, 5.74) is 6.17. The van der Waals surface area contributed by atoms with Crippen LogP contribution in [0, 0.1) is 5.92 Å². The fraction of sp³-hybridized carbons (Fsp3) is 0.500. The maximum Gasteiger partial charge on any atom is 0.410 e. The Morgan fingerprint density at radius 2 is 1.93 bits per heavy atom. The van der Waals surface area contributed by atoms with Gasteiger partial charge in [-0.05, 0) is 23.6 Å². The molecule has 0 heterocycles. The molecule has 0 bridgehead atoms. The van der Waals surface area contributed by atoms with Crippen LogP contribution in [0.3, 0.4) is 0 Å². The van der Waals surface area contributed by atoms with Crippen molar-refractivity contribution >= 4 is 17.9 Å². The minimum atomic E-state index is -0.576. The van der Waals surface area contributed by atoms with Crippen LogP contribution in [-0.4, -0.2) is 54.9 Å². The molecule has 9 heteroatoms. The summed E-state index contributed by atoms with van der Waals surface area (Å²) in [5.74, 6) is 0.353. The molecular formula is C18H27N3O6. The van der Waals surface area contributed by atoms with Crippen molar-refractivity contribution in [3.63, 3.8) is 0 Å². The van der Waals surface area contributed by atoms with Crippen molar-refractivity contribution in [3.05, 3.63) is 29.8 Å². The lowest BCUT2D eigenvalue weighted by atomic mass is 10.2. The molecule has 0 saturated carbocycles. The number of nitrogens with two attached hydrogens (primary N) is 1. The van der Waals surface area contributed by atoms with Crippen LogP contribution in [0.2, 0.25) is 0 Å². The smallest absolute Gasteiger partial charge is 0.410 e. The molecule has 0 radical (unpaired) electrons. The van der Waals surface area contributed by atoms with E-state index in [4.69, 9.17) is 20.4 Å². The monoisotopic (exact) mass is 381 g/mol. The fourth-order valence-electron chi connectivity index (χ4n) is 1.97. The number of ether oxygens (including phenoxy) is 3. The summed E-state index contributed by atoms with van der Waals surface area (Å²) >= 11 is 0. The molecule has 1 aromatic carbocycles. The molecule has 0 spiro atoms. The number of hydrogen-bond acceptors (Lipinski definition) is 7. The van der Waals surface area contributed by atoms with Crippen LogP contribution < -0.4 is 10.5 Å². The average molecular weight is 381 g/mol. The highest BCUT2D eigenvalue weighted by Gasteiger charge is 2.20. The zero-order valence-corrected chi connectivity index (χ0v) is 15.9. The van der Waals surface area contributed by atoms with Gasteiger partial charge in [-0.15, -0.1) is 0 Å². The molecule has 0 unspecified atom stereocenters. The van der Waals surface area contributed by atoms with Gasteiger partial charge in [0, 0.05) is 13.0 Å². The van der Waals surface area contributed by atoms with Gasteiger partial charge in [0.05, 0.1) is 20.3 Å². The van der Waals surface area contributed by atoms with E-state index in [-0.39, 0.29) is 38.1 Å². The third-order valence-electron chi connectivity index (χ3n) is 3.40. The second kappa shape index (κ2) is 11.6. The van der Waals surface area contributed by atoms with Gasteiger partial charge in [-0.3, -0.25) is 9.69 Å². The lowest BCUT2D eigenvalue weighted by Gasteiger charge is -2.21. The van der Waals surface area contributed by atoms with Gasteiger partial charge < -0.3 is 25.2 Å². The minimum absolute atomic E-state index is 0.0879. The zero-order chi connectivity index (χ0) is 20.2. The van der Waals surface area contributed by atoms with Crippen molar-refractivity contribution in [1.82, 2.24) is 4.90 Å². The summed E-state index contributed by atoms with van der Waals surface area (Å²) in [4.78, 5) is 25.1. The number of amides is 1. The number of nitrogens with zero attached hydrogens (tertiary/aromatic N) is 2. The summed E-state index contributed by atoms with van der Waals surface area (Å²) < 4.78 is 15.3. The SMILES string of the molecule is COC(=O)CN(Cc1ccc(OCC/C(N)=N/O)cc1)C(=O)OCC(C)C. The highest BCUT2D eigenvalue weighted by Crippen LogP contribution is 2.15. The predicted octanol–water partition coefficient (Wildman–Crippen LogP) is 1.97. The topological polar surface area (TPSA) is 124 Å². The van der Waals surface area contributed by atoms with Crippen molar-refractivity contribution < 1.29 is 29.0 Å². The van der Waals surface area contributed by atoms with E-state index in [1.807, 2.05) is 13.8 Å². The van der Waals surface area contributed by atoms with Gasteiger partial charge in [-0.2, -0.15) is 0 Å². The van der Waals surface area contributed by atoms with Gasteiger partial charge in [0.15, 0.2) is 0 Å². The van der Waals surface area contributed by atoms with Crippen molar-refractivity contribution in [3.8, 4) is 5.75 Å². The van der Waals surface area contributed by atoms with E-state index in [0.717, 1.165) is 5.56 Å². The van der Waals surface area contributed by atoms with Gasteiger partial charge in [-0.1, -0.05) is 31.1 Å². The summed E-state index contributed by atoms with van der Waals surface area (Å²) in [6.07, 6.45) is -0.277. The van der Waals surface area contributed by atoms with E-state index < -0.39 is 12.1 Å². The third kappa shape index (κ3) is 8.80. The summed E-state index contributed by atoms with van der Waals surface area (Å²) in [7, 11) is 1.26. The molecule has 1 aromatic rings. The highest BCUT2D eigenvalue weighted by molar-refractivity contribution is 5.79. The standard InChI is InChI=1S/C18H27N3O6/c1-13(2)12-27-18(23)21(11-17(22)25-3)10-14-4-6-15(7-5-14)26-9-8-16(19)20-24/h4-7,13,24H,8-12H2,1-3H3,(H2,19,20). The van der Waals surface area contributed by atoms with E-state index in [1.165, 1.54) is 12.0 Å². The number of esters is 1. The number of hydrogen-bond donors (Lipinski definition) is 2. The van der Waals surface area contributed by atoms with E-state index >= 15 is 0 Å². The quantitative estimate of drug-likeness (QED) is 0.209. The molecule has 1 amide bonds. The van der Waals surface area contributed by atoms with Crippen molar-refractivity contribution in [2.75, 3.05) is 26.9 Å². The number of benzene rings is 1. The Labute approximate surface area is 158 Å². The van der Waals surface area contributed by atoms with E-state index in [2.05, 4.69) is 9.89 Å². The molecule has 0 fully saturated rings. The van der Waals surface area contributed by atoms with Gasteiger partial charge in [0.25, 0.3) is 0 Å². The fourth-order valence-corrected chi connectivity index (χ4v) is 1.97. The molecule has 0 aliphatic carbocycles. The lowest BCUT2D eigenvalue weighted by molar-refractivity contribution is -0.141. The number of methoxy groups -OCH3 is 1. The minimum Gasteiger partial charge on any atom is -0.493 e. The molecule has 0 saturated heterocycles. The lowest BCUT2D eigenvalue weighted by Crippen LogP contribution is -2.36. The highest BCUT2D eigenvalue weighted by atomic mass is 16.6. The summed E-state index contributed by atoms with van der Waals surface area (Å²) in [6.45, 7) is 4.38. The maximum atomic E-state index is 12.2. The van der Waals surface area contributed by atoms with E-state index in [9.17, 15) is 9.59 Å². The molecule has 0 aromatic heterocycles. The van der Waals surface area contributed by atoms with E-state index in [1.54, 1.807) is 24.3 Å². The number of rotatable bonds is 10. The molecule has 0 aliphatic heterocycles. The number of carbonyl (C=O) groups excluding carboxylic acids is 2. The Hall–Kier alpha value is -2.97. The predicted molar refractivity (Wildman–Crippen MR) is 98.6 cm³/mol. The Kier molecular flexibility index (Phi) is 9.49. The normalized spacial score (nSPS) is 11.2. The van der Waals surface area contributed by atoms with Gasteiger partial charge in [-0.25, -0.2) is 4.79 Å². The largest absolute Gasteiger partial charge is 0.493 e. The van der Waals surface area contributed by atoms with Crippen LogP contribution in [0.5, 0.6) is 5.75 Å². The maximum absolute atomic E-state index is 12.2. The van der Waals surface area contributed by atoms with Gasteiger partial charge in [0.1, 0.15) is 18.1 Å². The summed E-state index contributed by atoms with van der Waals surface area (Å²) in [6, 6.07) is 7.02. The zero-order valence-electron chi connectivity index (χ0n) is 15.9. The Bertz CT molecular complexity index is 630. The Balaban J connectivity index is 2.67. The number of oxime groups is 1. The van der Waals surface area contributed by atoms with Crippen molar-refractivity contribution in [2.24, 2.45) is 16.8 Å². The first-order valence-corrected chi connectivity index (χ1v) is 8.52. The first-order chi connectivity index (χ1) is 12.8. The van der Waals surface area contributed by atoms with Crippen molar-refractivity contribution in [1.29, 1.82) is 0 Å². The molecule has 1 rings (SSSR count). The average Bonchev–Trinajstić information content (AvgIpc) is 2.66. The van der Waals surface area contributed by atoms with Crippen LogP contribution in [0.4, 0.5) is 4.79 Å². The number of amidine groups is 1. The molecule has 0 aliphatic rings. The third-order valence-corrected chi connectivity index (χ3v) is 3.40. The van der Waals surface area contributed by atoms with Gasteiger partial charge in [0.2, 0.25) is 0 Å². The molecule has 3 N–H and O–H groups in total. The summed E-state index contributed by atoms with van der Waals surface area (Å²) in [5, 5.41) is 11.3. The second-order valence-corrected chi connectivity index (χ2v) is 6.24. The van der Waals surface area contributed by atoms with Crippen molar-refractivity contribution in [2.45, 2.75) is 26.8 Å².